The van der Waals surface area contributed by atoms with E-state index in [0.29, 0.717) is 28.4 Å². The van der Waals surface area contributed by atoms with Gasteiger partial charge in [-0.3, -0.25) is 9.78 Å². The lowest BCUT2D eigenvalue weighted by molar-refractivity contribution is 0.453. The normalized spacial score (nSPS) is 15.2. The lowest BCUT2D eigenvalue weighted by Gasteiger charge is -2.22. The molecule has 1 saturated heterocycles. The van der Waals surface area contributed by atoms with E-state index in [-0.39, 0.29) is 5.43 Å². The van der Waals surface area contributed by atoms with E-state index in [1.807, 2.05) is 50.4 Å². The Hall–Kier alpha value is -3.05. The summed E-state index contributed by atoms with van der Waals surface area (Å²) in [6.07, 6.45) is 4.00. The maximum absolute atomic E-state index is 13.2. The van der Waals surface area contributed by atoms with Gasteiger partial charge in [0, 0.05) is 28.9 Å². The first-order valence-electron chi connectivity index (χ1n) is 10.1. The van der Waals surface area contributed by atoms with Crippen molar-refractivity contribution in [2.45, 2.75) is 32.6 Å². The van der Waals surface area contributed by atoms with Crippen LogP contribution >= 0.6 is 0 Å². The summed E-state index contributed by atoms with van der Waals surface area (Å²) in [4.78, 5) is 22.7. The van der Waals surface area contributed by atoms with Crippen LogP contribution in [-0.4, -0.2) is 23.1 Å². The largest absolute Gasteiger partial charge is 0.452 e. The fourth-order valence-corrected chi connectivity index (χ4v) is 4.20. The molecule has 1 aliphatic carbocycles. The predicted octanol–water partition coefficient (Wildman–Crippen LogP) is 4.44. The van der Waals surface area contributed by atoms with Crippen molar-refractivity contribution in [3.05, 3.63) is 69.6 Å². The zero-order chi connectivity index (χ0) is 20.0. The van der Waals surface area contributed by atoms with Crippen LogP contribution in [0.25, 0.3) is 33.7 Å². The molecule has 1 aromatic heterocycles. The highest BCUT2D eigenvalue weighted by Gasteiger charge is 2.24. The standard InChI is InChI=1S/C24H23N3O2/c1-14-15(2)23(28)21(24-22(14)27-19-5-3-4-6-20(19)29-24)17-7-8-18(26-13-17)16-9-11-25-12-10-16/h3-8,13,16,25H,9-12H2,1-2H3. The fraction of sp³-hybridized carbons (Fsp3) is 0.292. The Labute approximate surface area is 169 Å². The van der Waals surface area contributed by atoms with Gasteiger partial charge in [-0.25, -0.2) is 4.98 Å². The number of benzene rings is 2. The number of rotatable bonds is 2. The lowest BCUT2D eigenvalue weighted by Crippen LogP contribution is -2.27. The fourth-order valence-electron chi connectivity index (χ4n) is 4.20. The average Bonchev–Trinajstić information content (AvgIpc) is 2.78. The van der Waals surface area contributed by atoms with Crippen molar-refractivity contribution in [3.63, 3.8) is 0 Å². The third-order valence-corrected chi connectivity index (χ3v) is 6.07. The summed E-state index contributed by atoms with van der Waals surface area (Å²) in [5.41, 5.74) is 6.15. The summed E-state index contributed by atoms with van der Waals surface area (Å²) in [5, 5.41) is 3.39. The number of hydrogen-bond acceptors (Lipinski definition) is 5. The van der Waals surface area contributed by atoms with Crippen molar-refractivity contribution >= 4 is 11.1 Å². The van der Waals surface area contributed by atoms with Crippen molar-refractivity contribution in [2.75, 3.05) is 13.1 Å². The van der Waals surface area contributed by atoms with E-state index in [1.165, 1.54) is 0 Å². The number of pyridine rings is 1. The minimum atomic E-state index is -0.0211. The number of fused-ring (bicyclic) bond motifs is 2. The number of nitrogens with zero attached hydrogens (tertiary/aromatic N) is 2. The van der Waals surface area contributed by atoms with Crippen molar-refractivity contribution < 1.29 is 4.42 Å². The Morgan fingerprint density at radius 2 is 1.83 bits per heavy atom. The van der Waals surface area contributed by atoms with Gasteiger partial charge in [0.2, 0.25) is 0 Å². The molecule has 0 radical (unpaired) electrons. The number of hydrogen-bond donors (Lipinski definition) is 1. The summed E-state index contributed by atoms with van der Waals surface area (Å²) < 4.78 is 6.20. The highest BCUT2D eigenvalue weighted by atomic mass is 16.3. The smallest absolute Gasteiger partial charge is 0.193 e. The van der Waals surface area contributed by atoms with Crippen LogP contribution in [0.3, 0.4) is 0 Å². The third kappa shape index (κ3) is 3.02. The summed E-state index contributed by atoms with van der Waals surface area (Å²) in [5.74, 6) is 1.01. The minimum Gasteiger partial charge on any atom is -0.452 e. The Kier molecular flexibility index (Phi) is 4.40. The van der Waals surface area contributed by atoms with Crippen LogP contribution < -0.4 is 10.7 Å². The van der Waals surface area contributed by atoms with E-state index in [1.54, 1.807) is 0 Å². The molecule has 29 heavy (non-hydrogen) atoms. The van der Waals surface area contributed by atoms with Crippen molar-refractivity contribution in [1.29, 1.82) is 0 Å². The molecule has 1 fully saturated rings. The van der Waals surface area contributed by atoms with E-state index in [4.69, 9.17) is 14.4 Å². The van der Waals surface area contributed by atoms with Gasteiger partial charge in [-0.15, -0.1) is 0 Å². The van der Waals surface area contributed by atoms with Crippen LogP contribution in [0.2, 0.25) is 0 Å². The second-order valence-electron chi connectivity index (χ2n) is 7.81. The molecular weight excluding hydrogens is 362 g/mol. The number of aromatic nitrogens is 2. The summed E-state index contributed by atoms with van der Waals surface area (Å²) in [6.45, 7) is 5.84. The van der Waals surface area contributed by atoms with Gasteiger partial charge in [-0.05, 0) is 63.5 Å². The lowest BCUT2D eigenvalue weighted by atomic mass is 9.92. The van der Waals surface area contributed by atoms with Crippen LogP contribution in [0.15, 0.2) is 51.8 Å². The van der Waals surface area contributed by atoms with Crippen LogP contribution in [0.5, 0.6) is 0 Å². The van der Waals surface area contributed by atoms with Crippen LogP contribution in [-0.2, 0) is 0 Å². The van der Waals surface area contributed by atoms with E-state index < -0.39 is 0 Å². The van der Waals surface area contributed by atoms with E-state index in [2.05, 4.69) is 11.4 Å². The van der Waals surface area contributed by atoms with Crippen molar-refractivity contribution in [3.8, 4) is 22.6 Å². The first-order valence-corrected chi connectivity index (χ1v) is 10.1. The Morgan fingerprint density at radius 3 is 2.59 bits per heavy atom. The maximum atomic E-state index is 13.2. The molecule has 0 spiro atoms. The van der Waals surface area contributed by atoms with Crippen LogP contribution in [0.4, 0.5) is 0 Å². The average molecular weight is 385 g/mol. The zero-order valence-electron chi connectivity index (χ0n) is 16.7. The molecule has 5 heteroatoms. The second kappa shape index (κ2) is 7.08. The number of piperidine rings is 1. The molecule has 5 nitrogen and oxygen atoms in total. The summed E-state index contributed by atoms with van der Waals surface area (Å²) in [7, 11) is 0. The molecule has 0 unspecified atom stereocenters. The molecule has 0 saturated carbocycles. The number of nitrogens with one attached hydrogen (secondary N) is 1. The first kappa shape index (κ1) is 18.0. The molecule has 3 aliphatic rings. The molecule has 1 aromatic carbocycles. The van der Waals surface area contributed by atoms with Crippen LogP contribution in [0, 0.1) is 13.8 Å². The molecule has 5 rings (SSSR count). The van der Waals surface area contributed by atoms with E-state index in [9.17, 15) is 4.79 Å². The van der Waals surface area contributed by atoms with Gasteiger partial charge < -0.3 is 9.73 Å². The Morgan fingerprint density at radius 1 is 1.03 bits per heavy atom. The molecular formula is C24H23N3O2. The predicted molar refractivity (Wildman–Crippen MR) is 114 cm³/mol. The third-order valence-electron chi connectivity index (χ3n) is 6.07. The molecule has 0 bridgehead atoms. The minimum absolute atomic E-state index is 0.0211. The van der Waals surface area contributed by atoms with Crippen LogP contribution in [0.1, 0.15) is 35.6 Å². The van der Waals surface area contributed by atoms with Gasteiger partial charge in [-0.2, -0.15) is 0 Å². The summed E-state index contributed by atoms with van der Waals surface area (Å²) in [6, 6.07) is 11.7. The molecule has 2 aromatic rings. The Bertz CT molecular complexity index is 1220. The molecule has 0 amide bonds. The quantitative estimate of drug-likeness (QED) is 0.517. The van der Waals surface area contributed by atoms with Gasteiger partial charge in [0.15, 0.2) is 16.8 Å². The van der Waals surface area contributed by atoms with Gasteiger partial charge in [-0.1, -0.05) is 18.2 Å². The summed E-state index contributed by atoms with van der Waals surface area (Å²) >= 11 is 0. The molecule has 2 aliphatic heterocycles. The Balaban J connectivity index is 1.69. The van der Waals surface area contributed by atoms with Gasteiger partial charge in [0.05, 0.1) is 5.56 Å². The van der Waals surface area contributed by atoms with E-state index >= 15 is 0 Å². The monoisotopic (exact) mass is 385 g/mol. The zero-order valence-corrected chi connectivity index (χ0v) is 16.7. The van der Waals surface area contributed by atoms with Gasteiger partial charge in [0.1, 0.15) is 11.2 Å². The highest BCUT2D eigenvalue weighted by Crippen LogP contribution is 2.36. The van der Waals surface area contributed by atoms with E-state index in [0.717, 1.165) is 54.0 Å². The topological polar surface area (TPSA) is 68.0 Å². The van der Waals surface area contributed by atoms with Gasteiger partial charge in [0.25, 0.3) is 0 Å². The van der Waals surface area contributed by atoms with Gasteiger partial charge >= 0.3 is 0 Å². The van der Waals surface area contributed by atoms with Crippen molar-refractivity contribution in [1.82, 2.24) is 15.3 Å². The molecule has 0 atom stereocenters. The first-order chi connectivity index (χ1) is 14.1. The second-order valence-corrected chi connectivity index (χ2v) is 7.81. The molecule has 146 valence electrons. The maximum Gasteiger partial charge on any atom is 0.193 e. The highest BCUT2D eigenvalue weighted by molar-refractivity contribution is 5.85. The van der Waals surface area contributed by atoms with Crippen molar-refractivity contribution in [2.24, 2.45) is 0 Å². The molecule has 1 N–H and O–H groups in total. The SMILES string of the molecule is Cc1c2nc3ccccc3oc-2c(-c2ccc(C3CCNCC3)nc2)c(=O)c1C. The number of para-hydroxylation sites is 2. The molecule has 3 heterocycles.